The van der Waals surface area contributed by atoms with Crippen LogP contribution < -0.4 is 0 Å². The molecular weight excluding hydrogens is 186 g/mol. The average Bonchev–Trinajstić information content (AvgIpc) is 2.67. The minimum atomic E-state index is 0.360. The van der Waals surface area contributed by atoms with Crippen LogP contribution in [0.4, 0.5) is 0 Å². The summed E-state index contributed by atoms with van der Waals surface area (Å²) in [6.07, 6.45) is 2.24. The largest absolute Gasteiger partial charge is 0.241 e. The van der Waals surface area contributed by atoms with Crippen LogP contribution in [0.2, 0.25) is 0 Å². The Morgan fingerprint density at radius 2 is 2.27 bits per heavy atom. The van der Waals surface area contributed by atoms with Gasteiger partial charge in [0, 0.05) is 6.20 Å². The average molecular weight is 197 g/mol. The lowest BCUT2D eigenvalue weighted by atomic mass is 10.2. The van der Waals surface area contributed by atoms with Crippen molar-refractivity contribution in [2.45, 2.75) is 13.3 Å². The second-order valence-electron chi connectivity index (χ2n) is 3.43. The maximum Gasteiger partial charge on any atom is 0.0793 e. The van der Waals surface area contributed by atoms with E-state index in [4.69, 9.17) is 5.26 Å². The molecular formula is C12H11N3. The van der Waals surface area contributed by atoms with E-state index in [-0.39, 0.29) is 0 Å². The number of nitrogens with zero attached hydrogens (tertiary/aromatic N) is 3. The summed E-state index contributed by atoms with van der Waals surface area (Å²) in [6, 6.07) is 12.0. The molecule has 0 bridgehead atoms. The molecule has 0 aliphatic carbocycles. The lowest BCUT2D eigenvalue weighted by Crippen LogP contribution is -1.96. The molecule has 0 fully saturated rings. The fourth-order valence-electron chi connectivity index (χ4n) is 1.45. The van der Waals surface area contributed by atoms with Crippen molar-refractivity contribution >= 4 is 0 Å². The Bertz CT molecular complexity index is 506. The highest BCUT2D eigenvalue weighted by molar-refractivity contribution is 5.34. The summed E-state index contributed by atoms with van der Waals surface area (Å²) >= 11 is 0. The SMILES string of the molecule is Cc1cccc(-n2ccc(CC#N)n2)c1. The first-order valence-corrected chi connectivity index (χ1v) is 4.78. The molecule has 2 rings (SSSR count). The van der Waals surface area contributed by atoms with Gasteiger partial charge in [0.2, 0.25) is 0 Å². The van der Waals surface area contributed by atoms with Gasteiger partial charge in [0.05, 0.1) is 23.9 Å². The van der Waals surface area contributed by atoms with Crippen LogP contribution in [0.15, 0.2) is 36.5 Å². The normalized spacial score (nSPS) is 9.87. The zero-order valence-corrected chi connectivity index (χ0v) is 8.51. The summed E-state index contributed by atoms with van der Waals surface area (Å²) in [7, 11) is 0. The highest BCUT2D eigenvalue weighted by atomic mass is 15.3. The van der Waals surface area contributed by atoms with E-state index >= 15 is 0 Å². The van der Waals surface area contributed by atoms with Gasteiger partial charge in [0.15, 0.2) is 0 Å². The van der Waals surface area contributed by atoms with E-state index in [9.17, 15) is 0 Å². The third-order valence-corrected chi connectivity index (χ3v) is 2.17. The van der Waals surface area contributed by atoms with Crippen LogP contribution in [-0.4, -0.2) is 9.78 Å². The highest BCUT2D eigenvalue weighted by Gasteiger charge is 2.00. The minimum Gasteiger partial charge on any atom is -0.241 e. The third-order valence-electron chi connectivity index (χ3n) is 2.17. The lowest BCUT2D eigenvalue weighted by Gasteiger charge is -2.01. The molecule has 2 aromatic rings. The molecule has 0 saturated carbocycles. The molecule has 3 heteroatoms. The van der Waals surface area contributed by atoms with Gasteiger partial charge in [0.1, 0.15) is 0 Å². The maximum atomic E-state index is 8.54. The summed E-state index contributed by atoms with van der Waals surface area (Å²) in [4.78, 5) is 0. The standard InChI is InChI=1S/C12H11N3/c1-10-3-2-4-12(9-10)15-8-6-11(14-15)5-7-13/h2-4,6,8-9H,5H2,1H3. The van der Waals surface area contributed by atoms with Crippen molar-refractivity contribution in [2.75, 3.05) is 0 Å². The molecule has 1 aromatic carbocycles. The van der Waals surface area contributed by atoms with Gasteiger partial charge in [-0.25, -0.2) is 4.68 Å². The van der Waals surface area contributed by atoms with Crippen LogP contribution in [-0.2, 0) is 6.42 Å². The number of aryl methyl sites for hydroxylation is 1. The van der Waals surface area contributed by atoms with Gasteiger partial charge in [-0.1, -0.05) is 12.1 Å². The zero-order chi connectivity index (χ0) is 10.7. The summed E-state index contributed by atoms with van der Waals surface area (Å²) in [6.45, 7) is 2.04. The Labute approximate surface area is 88.6 Å². The van der Waals surface area contributed by atoms with E-state index in [0.29, 0.717) is 6.42 Å². The molecule has 15 heavy (non-hydrogen) atoms. The van der Waals surface area contributed by atoms with Crippen molar-refractivity contribution in [2.24, 2.45) is 0 Å². The quantitative estimate of drug-likeness (QED) is 0.740. The smallest absolute Gasteiger partial charge is 0.0793 e. The van der Waals surface area contributed by atoms with Gasteiger partial charge < -0.3 is 0 Å². The van der Waals surface area contributed by atoms with Crippen LogP contribution >= 0.6 is 0 Å². The predicted octanol–water partition coefficient (Wildman–Crippen LogP) is 2.25. The monoisotopic (exact) mass is 197 g/mol. The topological polar surface area (TPSA) is 41.6 Å². The molecule has 1 aromatic heterocycles. The van der Waals surface area contributed by atoms with Gasteiger partial charge in [0.25, 0.3) is 0 Å². The van der Waals surface area contributed by atoms with Crippen molar-refractivity contribution in [3.63, 3.8) is 0 Å². The molecule has 0 aliphatic rings. The fraction of sp³-hybridized carbons (Fsp3) is 0.167. The molecule has 1 heterocycles. The molecule has 0 atom stereocenters. The van der Waals surface area contributed by atoms with Crippen LogP contribution in [0.25, 0.3) is 5.69 Å². The van der Waals surface area contributed by atoms with Gasteiger partial charge in [-0.05, 0) is 30.7 Å². The number of rotatable bonds is 2. The summed E-state index contributed by atoms with van der Waals surface area (Å²) in [5, 5.41) is 12.8. The second-order valence-corrected chi connectivity index (χ2v) is 3.43. The number of aromatic nitrogens is 2. The molecule has 74 valence electrons. The second kappa shape index (κ2) is 3.97. The van der Waals surface area contributed by atoms with Crippen molar-refractivity contribution in [3.05, 3.63) is 47.8 Å². The first kappa shape index (κ1) is 9.47. The predicted molar refractivity (Wildman–Crippen MR) is 57.6 cm³/mol. The van der Waals surface area contributed by atoms with E-state index < -0.39 is 0 Å². The van der Waals surface area contributed by atoms with E-state index in [1.165, 1.54) is 5.56 Å². The van der Waals surface area contributed by atoms with Crippen molar-refractivity contribution in [3.8, 4) is 11.8 Å². The van der Waals surface area contributed by atoms with Crippen LogP contribution in [0.5, 0.6) is 0 Å². The van der Waals surface area contributed by atoms with Crippen molar-refractivity contribution in [1.29, 1.82) is 5.26 Å². The molecule has 0 spiro atoms. The molecule has 3 nitrogen and oxygen atoms in total. The van der Waals surface area contributed by atoms with Gasteiger partial charge in [-0.3, -0.25) is 0 Å². The van der Waals surface area contributed by atoms with E-state index in [1.807, 2.05) is 37.4 Å². The number of hydrogen-bond donors (Lipinski definition) is 0. The maximum absolute atomic E-state index is 8.54. The Morgan fingerprint density at radius 1 is 1.40 bits per heavy atom. The number of nitriles is 1. The Kier molecular flexibility index (Phi) is 2.51. The molecule has 0 amide bonds. The Hall–Kier alpha value is -2.08. The van der Waals surface area contributed by atoms with E-state index in [0.717, 1.165) is 11.4 Å². The summed E-state index contributed by atoms with van der Waals surface area (Å²) in [5.41, 5.74) is 3.03. The summed E-state index contributed by atoms with van der Waals surface area (Å²) in [5.74, 6) is 0. The van der Waals surface area contributed by atoms with Crippen LogP contribution in [0.3, 0.4) is 0 Å². The van der Waals surface area contributed by atoms with Crippen molar-refractivity contribution < 1.29 is 0 Å². The van der Waals surface area contributed by atoms with Crippen LogP contribution in [0.1, 0.15) is 11.3 Å². The summed E-state index contributed by atoms with van der Waals surface area (Å²) < 4.78 is 1.79. The first-order valence-electron chi connectivity index (χ1n) is 4.78. The highest BCUT2D eigenvalue weighted by Crippen LogP contribution is 2.09. The lowest BCUT2D eigenvalue weighted by molar-refractivity contribution is 0.852. The molecule has 0 aliphatic heterocycles. The van der Waals surface area contributed by atoms with E-state index in [1.54, 1.807) is 4.68 Å². The Morgan fingerprint density at radius 3 is 3.00 bits per heavy atom. The van der Waals surface area contributed by atoms with Gasteiger partial charge in [-0.2, -0.15) is 10.4 Å². The zero-order valence-electron chi connectivity index (χ0n) is 8.51. The molecule has 0 unspecified atom stereocenters. The number of benzene rings is 1. The van der Waals surface area contributed by atoms with Gasteiger partial charge >= 0.3 is 0 Å². The van der Waals surface area contributed by atoms with Crippen molar-refractivity contribution in [1.82, 2.24) is 9.78 Å². The third kappa shape index (κ3) is 2.05. The van der Waals surface area contributed by atoms with Gasteiger partial charge in [-0.15, -0.1) is 0 Å². The molecule has 0 radical (unpaired) electrons. The molecule has 0 saturated heterocycles. The van der Waals surface area contributed by atoms with Crippen LogP contribution in [0, 0.1) is 18.3 Å². The van der Waals surface area contributed by atoms with E-state index in [2.05, 4.69) is 17.2 Å². The fourth-order valence-corrected chi connectivity index (χ4v) is 1.45. The first-order chi connectivity index (χ1) is 7.29. The molecule has 0 N–H and O–H groups in total. The Balaban J connectivity index is 2.34. The number of hydrogen-bond acceptors (Lipinski definition) is 2. The minimum absolute atomic E-state index is 0.360.